The Balaban J connectivity index is 1.58. The Morgan fingerprint density at radius 1 is 1.13 bits per heavy atom. The first-order chi connectivity index (χ1) is 14.8. The standard InChI is InChI=1S/C19H17ClFN5O4S/c1-30-18-6-12(4-5-22-18)8-25-19(27)17-11-23-13(9-24-17)10-26-31(28,29)14-2-3-16(21)15(20)7-14/h2-7,9,11,26H,8,10H2,1H3,(H,25,27). The van der Waals surface area contributed by atoms with Gasteiger partial charge in [0.1, 0.15) is 11.5 Å². The lowest BCUT2D eigenvalue weighted by Crippen LogP contribution is -2.25. The van der Waals surface area contributed by atoms with Gasteiger partial charge in [0.15, 0.2) is 0 Å². The number of pyridine rings is 1. The number of nitrogens with one attached hydrogen (secondary N) is 2. The fraction of sp³-hybridized carbons (Fsp3) is 0.158. The van der Waals surface area contributed by atoms with Crippen LogP contribution in [0.4, 0.5) is 4.39 Å². The summed E-state index contributed by atoms with van der Waals surface area (Å²) in [5.41, 5.74) is 1.14. The van der Waals surface area contributed by atoms with Crippen molar-refractivity contribution < 1.29 is 22.3 Å². The zero-order chi connectivity index (χ0) is 22.4. The molecule has 3 aromatic rings. The molecule has 162 valence electrons. The quantitative estimate of drug-likeness (QED) is 0.522. The molecule has 0 atom stereocenters. The van der Waals surface area contributed by atoms with Crippen LogP contribution >= 0.6 is 11.6 Å². The highest BCUT2D eigenvalue weighted by Gasteiger charge is 2.16. The van der Waals surface area contributed by atoms with Crippen molar-refractivity contribution in [3.63, 3.8) is 0 Å². The number of hydrogen-bond acceptors (Lipinski definition) is 7. The van der Waals surface area contributed by atoms with Crippen LogP contribution in [0.2, 0.25) is 5.02 Å². The van der Waals surface area contributed by atoms with Gasteiger partial charge in [-0.1, -0.05) is 11.6 Å². The fourth-order valence-corrected chi connectivity index (χ4v) is 3.67. The summed E-state index contributed by atoms with van der Waals surface area (Å²) >= 11 is 5.63. The van der Waals surface area contributed by atoms with E-state index in [1.165, 1.54) is 19.5 Å². The highest BCUT2D eigenvalue weighted by Crippen LogP contribution is 2.19. The molecule has 0 unspecified atom stereocenters. The molecule has 3 rings (SSSR count). The molecular formula is C19H17ClFN5O4S. The molecule has 0 spiro atoms. The average Bonchev–Trinajstić information content (AvgIpc) is 2.78. The van der Waals surface area contributed by atoms with E-state index in [1.54, 1.807) is 18.3 Å². The molecule has 2 N–H and O–H groups in total. The zero-order valence-corrected chi connectivity index (χ0v) is 17.7. The van der Waals surface area contributed by atoms with Gasteiger partial charge < -0.3 is 10.1 Å². The molecule has 12 heteroatoms. The topological polar surface area (TPSA) is 123 Å². The Bertz CT molecular complexity index is 1190. The molecule has 0 aliphatic rings. The molecule has 1 aromatic carbocycles. The molecular weight excluding hydrogens is 449 g/mol. The second-order valence-electron chi connectivity index (χ2n) is 6.18. The number of rotatable bonds is 8. The predicted molar refractivity (Wildman–Crippen MR) is 109 cm³/mol. The number of ether oxygens (including phenoxy) is 1. The van der Waals surface area contributed by atoms with Crippen LogP contribution in [0.1, 0.15) is 21.7 Å². The maximum Gasteiger partial charge on any atom is 0.271 e. The number of hydrogen-bond donors (Lipinski definition) is 2. The minimum Gasteiger partial charge on any atom is -0.481 e. The molecule has 0 radical (unpaired) electrons. The summed E-state index contributed by atoms with van der Waals surface area (Å²) in [6.45, 7) is 0.0597. The van der Waals surface area contributed by atoms with Crippen LogP contribution in [-0.2, 0) is 23.1 Å². The van der Waals surface area contributed by atoms with Crippen molar-refractivity contribution in [1.82, 2.24) is 25.0 Å². The summed E-state index contributed by atoms with van der Waals surface area (Å²) in [6.07, 6.45) is 4.08. The number of benzene rings is 1. The fourth-order valence-electron chi connectivity index (χ4n) is 2.40. The number of amides is 1. The number of sulfonamides is 1. The number of methoxy groups -OCH3 is 1. The van der Waals surface area contributed by atoms with Crippen LogP contribution in [-0.4, -0.2) is 36.4 Å². The second-order valence-corrected chi connectivity index (χ2v) is 8.36. The van der Waals surface area contributed by atoms with Crippen molar-refractivity contribution in [3.8, 4) is 5.88 Å². The Morgan fingerprint density at radius 2 is 1.94 bits per heavy atom. The van der Waals surface area contributed by atoms with E-state index < -0.39 is 21.7 Å². The van der Waals surface area contributed by atoms with Crippen LogP contribution in [0.3, 0.4) is 0 Å². The molecule has 31 heavy (non-hydrogen) atoms. The van der Waals surface area contributed by atoms with Crippen molar-refractivity contribution in [2.24, 2.45) is 0 Å². The van der Waals surface area contributed by atoms with Crippen molar-refractivity contribution in [3.05, 3.63) is 76.7 Å². The lowest BCUT2D eigenvalue weighted by Gasteiger charge is -2.08. The summed E-state index contributed by atoms with van der Waals surface area (Å²) in [4.78, 5) is 24.1. The van der Waals surface area contributed by atoms with Gasteiger partial charge in [-0.2, -0.15) is 0 Å². The number of halogens is 2. The molecule has 0 bridgehead atoms. The molecule has 0 saturated carbocycles. The Labute approximate surface area is 182 Å². The van der Waals surface area contributed by atoms with E-state index in [9.17, 15) is 17.6 Å². The minimum atomic E-state index is -3.93. The van der Waals surface area contributed by atoms with E-state index in [4.69, 9.17) is 16.3 Å². The molecule has 1 amide bonds. The Kier molecular flexibility index (Phi) is 7.10. The minimum absolute atomic E-state index is 0.0675. The Hall–Kier alpha value is -3.15. The van der Waals surface area contributed by atoms with Crippen molar-refractivity contribution in [2.45, 2.75) is 18.0 Å². The van der Waals surface area contributed by atoms with Crippen LogP contribution in [0.15, 0.2) is 53.8 Å². The van der Waals surface area contributed by atoms with Gasteiger partial charge in [0.25, 0.3) is 5.91 Å². The number of nitrogens with zero attached hydrogens (tertiary/aromatic N) is 3. The summed E-state index contributed by atoms with van der Waals surface area (Å²) in [5, 5.41) is 2.39. The second kappa shape index (κ2) is 9.77. The summed E-state index contributed by atoms with van der Waals surface area (Å²) < 4.78 is 45.1. The van der Waals surface area contributed by atoms with E-state index in [0.717, 1.165) is 23.8 Å². The third kappa shape index (κ3) is 5.94. The molecule has 0 aliphatic heterocycles. The smallest absolute Gasteiger partial charge is 0.271 e. The molecule has 2 heterocycles. The van der Waals surface area contributed by atoms with Crippen LogP contribution in [0.25, 0.3) is 0 Å². The van der Waals surface area contributed by atoms with E-state index in [2.05, 4.69) is 25.0 Å². The SMILES string of the molecule is COc1cc(CNC(=O)c2cnc(CNS(=O)(=O)c3ccc(F)c(Cl)c3)cn2)ccn1. The van der Waals surface area contributed by atoms with Gasteiger partial charge >= 0.3 is 0 Å². The largest absolute Gasteiger partial charge is 0.481 e. The molecule has 9 nitrogen and oxygen atoms in total. The number of carbonyl (C=O) groups excluding carboxylic acids is 1. The van der Waals surface area contributed by atoms with Crippen molar-refractivity contribution >= 4 is 27.5 Å². The maximum atomic E-state index is 13.2. The van der Waals surface area contributed by atoms with E-state index >= 15 is 0 Å². The normalized spacial score (nSPS) is 11.2. The van der Waals surface area contributed by atoms with E-state index in [-0.39, 0.29) is 34.4 Å². The molecule has 0 aliphatic carbocycles. The summed E-state index contributed by atoms with van der Waals surface area (Å²) in [5.74, 6) is -0.735. The lowest BCUT2D eigenvalue weighted by molar-refractivity contribution is 0.0945. The van der Waals surface area contributed by atoms with Crippen molar-refractivity contribution in [1.29, 1.82) is 0 Å². The van der Waals surface area contributed by atoms with Gasteiger partial charge in [0.2, 0.25) is 15.9 Å². The van der Waals surface area contributed by atoms with Crippen LogP contribution in [0.5, 0.6) is 5.88 Å². The first kappa shape index (κ1) is 22.5. The van der Waals surface area contributed by atoms with Gasteiger partial charge in [-0.3, -0.25) is 9.78 Å². The molecule has 0 saturated heterocycles. The Morgan fingerprint density at radius 3 is 2.61 bits per heavy atom. The van der Waals surface area contributed by atoms with Crippen LogP contribution < -0.4 is 14.8 Å². The van der Waals surface area contributed by atoms with Gasteiger partial charge in [0.05, 0.1) is 41.7 Å². The van der Waals surface area contributed by atoms with Gasteiger partial charge in [0, 0.05) is 18.8 Å². The third-order valence-corrected chi connectivity index (χ3v) is 5.73. The first-order valence-corrected chi connectivity index (χ1v) is 10.7. The van der Waals surface area contributed by atoms with Gasteiger partial charge in [-0.15, -0.1) is 0 Å². The predicted octanol–water partition coefficient (Wildman–Crippen LogP) is 2.08. The third-order valence-electron chi connectivity index (χ3n) is 4.04. The van der Waals surface area contributed by atoms with Gasteiger partial charge in [-0.05, 0) is 29.8 Å². The summed E-state index contributed by atoms with van der Waals surface area (Å²) in [6, 6.07) is 6.50. The zero-order valence-electron chi connectivity index (χ0n) is 16.2. The monoisotopic (exact) mass is 465 g/mol. The van der Waals surface area contributed by atoms with E-state index in [0.29, 0.717) is 5.88 Å². The van der Waals surface area contributed by atoms with Crippen molar-refractivity contribution in [2.75, 3.05) is 7.11 Å². The highest BCUT2D eigenvalue weighted by atomic mass is 35.5. The highest BCUT2D eigenvalue weighted by molar-refractivity contribution is 7.89. The number of aromatic nitrogens is 3. The van der Waals surface area contributed by atoms with Crippen LogP contribution in [0, 0.1) is 5.82 Å². The summed E-state index contributed by atoms with van der Waals surface area (Å²) in [7, 11) is -2.44. The van der Waals surface area contributed by atoms with E-state index in [1.807, 2.05) is 0 Å². The molecule has 2 aromatic heterocycles. The van der Waals surface area contributed by atoms with Gasteiger partial charge in [-0.25, -0.2) is 27.5 Å². The average molecular weight is 466 g/mol. The molecule has 0 fully saturated rings. The first-order valence-electron chi connectivity index (χ1n) is 8.81. The maximum absolute atomic E-state index is 13.2. The number of carbonyl (C=O) groups is 1. The lowest BCUT2D eigenvalue weighted by atomic mass is 10.2.